The number of nitrogens with zero attached hydrogens (tertiary/aromatic N) is 1. The van der Waals surface area contributed by atoms with Gasteiger partial charge in [0.05, 0.1) is 12.6 Å². The minimum absolute atomic E-state index is 0.494. The Morgan fingerprint density at radius 3 is 2.94 bits per heavy atom. The van der Waals surface area contributed by atoms with Crippen LogP contribution in [0.25, 0.3) is 0 Å². The van der Waals surface area contributed by atoms with E-state index in [-0.39, 0.29) is 0 Å². The molecule has 2 unspecified atom stereocenters. The highest BCUT2D eigenvalue weighted by atomic mass is 16.5. The molecule has 1 saturated heterocycles. The van der Waals surface area contributed by atoms with Crippen LogP contribution < -0.4 is 10.2 Å². The smallest absolute Gasteiger partial charge is 0.0670 e. The number of hydrogen-bond acceptors (Lipinski definition) is 3. The summed E-state index contributed by atoms with van der Waals surface area (Å²) >= 11 is 0. The normalized spacial score (nSPS) is 27.9. The molecule has 18 heavy (non-hydrogen) atoms. The van der Waals surface area contributed by atoms with Gasteiger partial charge in [0.25, 0.3) is 0 Å². The maximum absolute atomic E-state index is 5.56. The zero-order valence-corrected chi connectivity index (χ0v) is 11.1. The third kappa shape index (κ3) is 2.13. The molecule has 0 saturated carbocycles. The first-order chi connectivity index (χ1) is 8.90. The van der Waals surface area contributed by atoms with Crippen molar-refractivity contribution in [2.75, 3.05) is 31.7 Å². The van der Waals surface area contributed by atoms with Crippen LogP contribution >= 0.6 is 0 Å². The summed E-state index contributed by atoms with van der Waals surface area (Å²) in [4.78, 5) is 2.57. The number of fused-ring (bicyclic) bond motifs is 1. The Bertz CT molecular complexity index is 401. The molecule has 2 atom stereocenters. The molecule has 2 aliphatic heterocycles. The Morgan fingerprint density at radius 1 is 1.28 bits per heavy atom. The number of para-hydroxylation sites is 1. The van der Waals surface area contributed by atoms with Gasteiger partial charge in [0, 0.05) is 24.9 Å². The van der Waals surface area contributed by atoms with Crippen LogP contribution in [0.4, 0.5) is 5.69 Å². The molecular weight excluding hydrogens is 224 g/mol. The molecule has 2 aliphatic rings. The minimum Gasteiger partial charge on any atom is -0.379 e. The maximum atomic E-state index is 5.56. The summed E-state index contributed by atoms with van der Waals surface area (Å²) in [6.07, 6.45) is 3.63. The lowest BCUT2D eigenvalue weighted by molar-refractivity contribution is 0.193. The van der Waals surface area contributed by atoms with E-state index in [1.807, 2.05) is 0 Å². The summed E-state index contributed by atoms with van der Waals surface area (Å²) in [7, 11) is 2.07. The van der Waals surface area contributed by atoms with Crippen molar-refractivity contribution in [3.63, 3.8) is 0 Å². The van der Waals surface area contributed by atoms with Crippen molar-refractivity contribution in [1.29, 1.82) is 0 Å². The molecule has 0 amide bonds. The Balaban J connectivity index is 1.95. The van der Waals surface area contributed by atoms with Crippen LogP contribution in [-0.4, -0.2) is 32.8 Å². The van der Waals surface area contributed by atoms with Gasteiger partial charge in [-0.1, -0.05) is 18.2 Å². The highest BCUT2D eigenvalue weighted by Gasteiger charge is 2.28. The van der Waals surface area contributed by atoms with E-state index >= 15 is 0 Å². The van der Waals surface area contributed by atoms with Crippen molar-refractivity contribution in [1.82, 2.24) is 5.32 Å². The Kier molecular flexibility index (Phi) is 3.52. The lowest BCUT2D eigenvalue weighted by Gasteiger charge is -2.30. The first-order valence-corrected chi connectivity index (χ1v) is 7.00. The van der Waals surface area contributed by atoms with Crippen LogP contribution in [0.2, 0.25) is 0 Å². The van der Waals surface area contributed by atoms with Gasteiger partial charge in [-0.15, -0.1) is 0 Å². The van der Waals surface area contributed by atoms with Gasteiger partial charge in [-0.2, -0.15) is 0 Å². The van der Waals surface area contributed by atoms with Crippen LogP contribution in [0, 0.1) is 0 Å². The third-order valence-electron chi connectivity index (χ3n) is 4.21. The summed E-state index contributed by atoms with van der Waals surface area (Å²) in [5.41, 5.74) is 2.86. The molecule has 1 aromatic carbocycles. The fraction of sp³-hybridized carbons (Fsp3) is 0.600. The van der Waals surface area contributed by atoms with Gasteiger partial charge < -0.3 is 15.0 Å². The predicted octanol–water partition coefficient (Wildman–Crippen LogP) is 2.34. The van der Waals surface area contributed by atoms with Crippen molar-refractivity contribution in [2.24, 2.45) is 0 Å². The third-order valence-corrected chi connectivity index (χ3v) is 4.21. The molecule has 2 heterocycles. The average Bonchev–Trinajstić information content (AvgIpc) is 2.87. The highest BCUT2D eigenvalue weighted by molar-refractivity contribution is 5.56. The lowest BCUT2D eigenvalue weighted by atomic mass is 10.0. The van der Waals surface area contributed by atoms with E-state index in [9.17, 15) is 0 Å². The van der Waals surface area contributed by atoms with Gasteiger partial charge in [-0.25, -0.2) is 0 Å². The van der Waals surface area contributed by atoms with Gasteiger partial charge in [0.2, 0.25) is 0 Å². The number of rotatable bonds is 2. The average molecular weight is 246 g/mol. The van der Waals surface area contributed by atoms with Crippen molar-refractivity contribution in [3.05, 3.63) is 29.8 Å². The fourth-order valence-electron chi connectivity index (χ4n) is 3.23. The Hall–Kier alpha value is -1.06. The zero-order chi connectivity index (χ0) is 12.4. The van der Waals surface area contributed by atoms with Crippen LogP contribution in [0.5, 0.6) is 0 Å². The summed E-state index contributed by atoms with van der Waals surface area (Å²) in [5, 5.41) is 3.45. The number of anilines is 1. The summed E-state index contributed by atoms with van der Waals surface area (Å²) in [6, 6.07) is 9.90. The van der Waals surface area contributed by atoms with Crippen LogP contribution in [0.15, 0.2) is 24.3 Å². The molecular formula is C15H22N2O. The van der Waals surface area contributed by atoms with Gasteiger partial charge in [0.15, 0.2) is 0 Å². The topological polar surface area (TPSA) is 24.5 Å². The fourth-order valence-corrected chi connectivity index (χ4v) is 3.23. The number of ether oxygens (including phenoxy) is 1. The predicted molar refractivity (Wildman–Crippen MR) is 74.0 cm³/mol. The molecule has 0 bridgehead atoms. The van der Waals surface area contributed by atoms with Crippen LogP contribution in [0.3, 0.4) is 0 Å². The molecule has 0 radical (unpaired) electrons. The molecule has 1 aromatic rings. The van der Waals surface area contributed by atoms with Crippen molar-refractivity contribution >= 4 is 5.69 Å². The molecule has 1 fully saturated rings. The molecule has 0 aliphatic carbocycles. The van der Waals surface area contributed by atoms with Crippen molar-refractivity contribution in [2.45, 2.75) is 31.3 Å². The van der Waals surface area contributed by atoms with Gasteiger partial charge in [-0.05, 0) is 37.9 Å². The summed E-state index contributed by atoms with van der Waals surface area (Å²) in [6.45, 7) is 2.96. The quantitative estimate of drug-likeness (QED) is 0.867. The molecule has 3 nitrogen and oxygen atoms in total. The van der Waals surface area contributed by atoms with Crippen molar-refractivity contribution < 1.29 is 4.74 Å². The molecule has 98 valence electrons. The molecule has 3 heteroatoms. The largest absolute Gasteiger partial charge is 0.379 e. The summed E-state index contributed by atoms with van der Waals surface area (Å²) < 4.78 is 5.56. The van der Waals surface area contributed by atoms with Gasteiger partial charge in [-0.3, -0.25) is 0 Å². The molecule has 3 rings (SSSR count). The van der Waals surface area contributed by atoms with E-state index in [1.165, 1.54) is 30.5 Å². The number of nitrogens with one attached hydrogen (secondary N) is 1. The Labute approximate surface area is 109 Å². The number of hydrogen-bond donors (Lipinski definition) is 1. The zero-order valence-electron chi connectivity index (χ0n) is 11.1. The molecule has 0 aromatic heterocycles. The van der Waals surface area contributed by atoms with Gasteiger partial charge >= 0.3 is 0 Å². The van der Waals surface area contributed by atoms with E-state index in [4.69, 9.17) is 4.74 Å². The number of benzene rings is 1. The van der Waals surface area contributed by atoms with Crippen LogP contribution in [-0.2, 0) is 4.74 Å². The maximum Gasteiger partial charge on any atom is 0.0670 e. The lowest BCUT2D eigenvalue weighted by Crippen LogP contribution is -2.36. The van der Waals surface area contributed by atoms with E-state index in [0.29, 0.717) is 12.1 Å². The summed E-state index contributed by atoms with van der Waals surface area (Å²) in [5.74, 6) is 0. The first-order valence-electron chi connectivity index (χ1n) is 7.00. The molecule has 1 N–H and O–H groups in total. The Morgan fingerprint density at radius 2 is 2.17 bits per heavy atom. The van der Waals surface area contributed by atoms with E-state index < -0.39 is 0 Å². The van der Waals surface area contributed by atoms with Gasteiger partial charge in [0.1, 0.15) is 0 Å². The first kappa shape index (κ1) is 12.0. The van der Waals surface area contributed by atoms with E-state index in [1.54, 1.807) is 0 Å². The second kappa shape index (κ2) is 5.29. The monoisotopic (exact) mass is 246 g/mol. The SMILES string of the molecule is CNC1CCCN(C2CCOC2)c2ccccc21. The minimum atomic E-state index is 0.494. The second-order valence-corrected chi connectivity index (χ2v) is 5.25. The van der Waals surface area contributed by atoms with Crippen LogP contribution in [0.1, 0.15) is 30.9 Å². The van der Waals surface area contributed by atoms with E-state index in [2.05, 4.69) is 41.5 Å². The second-order valence-electron chi connectivity index (χ2n) is 5.25. The van der Waals surface area contributed by atoms with E-state index in [0.717, 1.165) is 19.8 Å². The standard InChI is InChI=1S/C15H22N2O/c1-16-14-6-4-9-17(12-8-10-18-11-12)15-7-3-2-5-13(14)15/h2-3,5,7,12,14,16H,4,6,8-11H2,1H3. The highest BCUT2D eigenvalue weighted by Crippen LogP contribution is 2.34. The van der Waals surface area contributed by atoms with Crippen molar-refractivity contribution in [3.8, 4) is 0 Å². The molecule has 0 spiro atoms.